The van der Waals surface area contributed by atoms with Gasteiger partial charge in [0.05, 0.1) is 23.7 Å². The molecular weight excluding hydrogens is 324 g/mol. The molecular formula is C15H9F2N3O4. The number of benzene rings is 1. The minimum absolute atomic E-state index is 0.100. The van der Waals surface area contributed by atoms with Crippen LogP contribution in [0.4, 0.5) is 14.5 Å². The molecule has 0 bridgehead atoms. The number of aromatic nitrogens is 2. The molecule has 9 heteroatoms. The van der Waals surface area contributed by atoms with Gasteiger partial charge in [0.25, 0.3) is 11.2 Å². The summed E-state index contributed by atoms with van der Waals surface area (Å²) in [4.78, 5) is 36.7. The molecule has 2 aromatic heterocycles. The molecule has 122 valence electrons. The number of nitrogens with zero attached hydrogens (tertiary/aromatic N) is 2. The number of aromatic amines is 1. The first-order valence-electron chi connectivity index (χ1n) is 6.71. The topological polar surface area (TPSA) is 98.0 Å². The largest absolute Gasteiger partial charge is 0.360 e. The zero-order valence-electron chi connectivity index (χ0n) is 12.0. The highest BCUT2D eigenvalue weighted by molar-refractivity contribution is 6.07. The molecule has 24 heavy (non-hydrogen) atoms. The van der Waals surface area contributed by atoms with Crippen LogP contribution in [0.25, 0.3) is 10.9 Å². The van der Waals surface area contributed by atoms with Gasteiger partial charge < -0.3 is 4.98 Å². The first-order valence-corrected chi connectivity index (χ1v) is 6.71. The number of halogens is 2. The van der Waals surface area contributed by atoms with Crippen molar-refractivity contribution in [2.45, 2.75) is 6.54 Å². The van der Waals surface area contributed by atoms with Gasteiger partial charge in [-0.2, -0.15) is 0 Å². The van der Waals surface area contributed by atoms with Crippen molar-refractivity contribution in [2.24, 2.45) is 0 Å². The molecule has 0 aliphatic rings. The maximum absolute atomic E-state index is 13.5. The molecule has 7 nitrogen and oxygen atoms in total. The molecule has 0 amide bonds. The summed E-state index contributed by atoms with van der Waals surface area (Å²) in [6.07, 6.45) is 2.13. The standard InChI is InChI=1S/C15H9F2N3O4/c16-8-1-2-13-10(3-8)11(5-18-13)14(21)7-19-6-9(20(23)24)4-12(17)15(19)22/h1-6,18H,7H2. The molecule has 2 heterocycles. The smallest absolute Gasteiger partial charge is 0.288 e. The van der Waals surface area contributed by atoms with Gasteiger partial charge in [-0.25, -0.2) is 8.78 Å². The predicted molar refractivity (Wildman–Crippen MR) is 79.9 cm³/mol. The van der Waals surface area contributed by atoms with E-state index in [4.69, 9.17) is 0 Å². The van der Waals surface area contributed by atoms with Gasteiger partial charge in [0.1, 0.15) is 5.82 Å². The van der Waals surface area contributed by atoms with E-state index in [0.29, 0.717) is 21.5 Å². The first-order chi connectivity index (χ1) is 11.4. The van der Waals surface area contributed by atoms with Crippen LogP contribution in [-0.2, 0) is 6.54 Å². The summed E-state index contributed by atoms with van der Waals surface area (Å²) in [6, 6.07) is 4.30. The summed E-state index contributed by atoms with van der Waals surface area (Å²) in [7, 11) is 0. The Bertz CT molecular complexity index is 1040. The molecule has 0 spiro atoms. The van der Waals surface area contributed by atoms with Crippen molar-refractivity contribution in [1.29, 1.82) is 0 Å². The fraction of sp³-hybridized carbons (Fsp3) is 0.0667. The fourth-order valence-electron chi connectivity index (χ4n) is 2.37. The van der Waals surface area contributed by atoms with Gasteiger partial charge in [-0.05, 0) is 18.2 Å². The minimum atomic E-state index is -1.33. The Balaban J connectivity index is 2.02. The van der Waals surface area contributed by atoms with E-state index in [1.807, 2.05) is 0 Å². The molecule has 0 saturated carbocycles. The Morgan fingerprint density at radius 2 is 2.04 bits per heavy atom. The highest BCUT2D eigenvalue weighted by Crippen LogP contribution is 2.20. The number of ketones is 1. The molecule has 0 radical (unpaired) electrons. The molecule has 0 aliphatic heterocycles. The average molecular weight is 333 g/mol. The Hall–Kier alpha value is -3.36. The lowest BCUT2D eigenvalue weighted by Crippen LogP contribution is -2.26. The number of nitrogens with one attached hydrogen (secondary N) is 1. The molecule has 0 saturated heterocycles. The molecule has 3 rings (SSSR count). The number of H-pyrrole nitrogens is 1. The summed E-state index contributed by atoms with van der Waals surface area (Å²) in [5.41, 5.74) is -1.19. The van der Waals surface area contributed by atoms with E-state index in [-0.39, 0.29) is 5.56 Å². The zero-order valence-corrected chi connectivity index (χ0v) is 12.0. The highest BCUT2D eigenvalue weighted by atomic mass is 19.1. The van der Waals surface area contributed by atoms with Crippen LogP contribution in [0.5, 0.6) is 0 Å². The zero-order chi connectivity index (χ0) is 17.4. The highest BCUT2D eigenvalue weighted by Gasteiger charge is 2.18. The second-order valence-corrected chi connectivity index (χ2v) is 5.05. The fourth-order valence-corrected chi connectivity index (χ4v) is 2.37. The van der Waals surface area contributed by atoms with Crippen LogP contribution in [0.15, 0.2) is 41.5 Å². The maximum atomic E-state index is 13.5. The Morgan fingerprint density at radius 3 is 2.75 bits per heavy atom. The lowest BCUT2D eigenvalue weighted by atomic mass is 10.1. The Kier molecular flexibility index (Phi) is 3.68. The lowest BCUT2D eigenvalue weighted by molar-refractivity contribution is -0.385. The number of fused-ring (bicyclic) bond motifs is 1. The molecule has 0 unspecified atom stereocenters. The van der Waals surface area contributed by atoms with Gasteiger partial charge >= 0.3 is 0 Å². The van der Waals surface area contributed by atoms with Crippen molar-refractivity contribution in [2.75, 3.05) is 0 Å². The summed E-state index contributed by atoms with van der Waals surface area (Å²) in [5.74, 6) is -2.49. The van der Waals surface area contributed by atoms with Gasteiger partial charge in [-0.3, -0.25) is 24.3 Å². The van der Waals surface area contributed by atoms with Crippen molar-refractivity contribution >= 4 is 22.4 Å². The molecule has 0 atom stereocenters. The van der Waals surface area contributed by atoms with E-state index in [0.717, 1.165) is 12.3 Å². The second-order valence-electron chi connectivity index (χ2n) is 5.05. The normalized spacial score (nSPS) is 10.9. The number of hydrogen-bond donors (Lipinski definition) is 1. The van der Waals surface area contributed by atoms with Crippen LogP contribution < -0.4 is 5.56 Å². The number of pyridine rings is 1. The van der Waals surface area contributed by atoms with Gasteiger partial charge in [0.2, 0.25) is 0 Å². The van der Waals surface area contributed by atoms with Gasteiger partial charge in [-0.1, -0.05) is 0 Å². The lowest BCUT2D eigenvalue weighted by Gasteiger charge is -2.05. The van der Waals surface area contributed by atoms with Crippen LogP contribution in [-0.4, -0.2) is 20.3 Å². The number of rotatable bonds is 4. The van der Waals surface area contributed by atoms with Gasteiger partial charge in [-0.15, -0.1) is 0 Å². The third-order valence-corrected chi connectivity index (χ3v) is 3.50. The number of nitro groups is 1. The second kappa shape index (κ2) is 5.69. The summed E-state index contributed by atoms with van der Waals surface area (Å²) < 4.78 is 27.5. The molecule has 3 aromatic rings. The average Bonchev–Trinajstić information content (AvgIpc) is 2.94. The van der Waals surface area contributed by atoms with Crippen LogP contribution in [0.1, 0.15) is 10.4 Å². The van der Waals surface area contributed by atoms with E-state index in [9.17, 15) is 28.5 Å². The summed E-state index contributed by atoms with van der Waals surface area (Å²) >= 11 is 0. The third-order valence-electron chi connectivity index (χ3n) is 3.50. The summed E-state index contributed by atoms with van der Waals surface area (Å²) in [5, 5.41) is 11.0. The van der Waals surface area contributed by atoms with E-state index in [2.05, 4.69) is 4.98 Å². The van der Waals surface area contributed by atoms with Crippen LogP contribution in [0, 0.1) is 21.7 Å². The van der Waals surface area contributed by atoms with E-state index < -0.39 is 40.1 Å². The van der Waals surface area contributed by atoms with Gasteiger partial charge in [0.15, 0.2) is 11.6 Å². The maximum Gasteiger partial charge on any atom is 0.288 e. The first kappa shape index (κ1) is 15.5. The van der Waals surface area contributed by atoms with Gasteiger partial charge in [0, 0.05) is 22.7 Å². The van der Waals surface area contributed by atoms with Crippen LogP contribution >= 0.6 is 0 Å². The monoisotopic (exact) mass is 333 g/mol. The van der Waals surface area contributed by atoms with E-state index in [1.165, 1.54) is 18.3 Å². The Labute approximate surface area is 132 Å². The van der Waals surface area contributed by atoms with Crippen molar-refractivity contribution in [3.05, 3.63) is 74.3 Å². The Morgan fingerprint density at radius 1 is 1.29 bits per heavy atom. The number of Topliss-reactive ketones (excluding diaryl/α,β-unsaturated/α-hetero) is 1. The van der Waals surface area contributed by atoms with Crippen LogP contribution in [0.2, 0.25) is 0 Å². The molecule has 1 aromatic carbocycles. The SMILES string of the molecule is O=C(Cn1cc([N+](=O)[O-])cc(F)c1=O)c1c[nH]c2ccc(F)cc12. The quantitative estimate of drug-likeness (QED) is 0.450. The van der Waals surface area contributed by atoms with Crippen LogP contribution in [0.3, 0.4) is 0 Å². The molecule has 0 fully saturated rings. The molecule has 1 N–H and O–H groups in total. The van der Waals surface area contributed by atoms with Crippen molar-refractivity contribution in [1.82, 2.24) is 9.55 Å². The summed E-state index contributed by atoms with van der Waals surface area (Å²) in [6.45, 7) is -0.610. The number of carbonyl (C=O) groups excluding carboxylic acids is 1. The van der Waals surface area contributed by atoms with Crippen molar-refractivity contribution in [3.63, 3.8) is 0 Å². The van der Waals surface area contributed by atoms with Crippen molar-refractivity contribution < 1.29 is 18.5 Å². The minimum Gasteiger partial charge on any atom is -0.360 e. The molecule has 0 aliphatic carbocycles. The third kappa shape index (κ3) is 2.67. The van der Waals surface area contributed by atoms with E-state index in [1.54, 1.807) is 0 Å². The number of carbonyl (C=O) groups is 1. The predicted octanol–water partition coefficient (Wildman–Crippen LogP) is 2.40. The van der Waals surface area contributed by atoms with Crippen molar-refractivity contribution in [3.8, 4) is 0 Å². The van der Waals surface area contributed by atoms with E-state index >= 15 is 0 Å². The number of hydrogen-bond acceptors (Lipinski definition) is 4.